The van der Waals surface area contributed by atoms with Crippen LogP contribution in [0.2, 0.25) is 0 Å². The Labute approximate surface area is 210 Å². The lowest BCUT2D eigenvalue weighted by atomic mass is 9.92. The maximum absolute atomic E-state index is 13.4. The Balaban J connectivity index is 1.40. The van der Waals surface area contributed by atoms with Crippen LogP contribution in [0.5, 0.6) is 0 Å². The van der Waals surface area contributed by atoms with Gasteiger partial charge in [0.2, 0.25) is 0 Å². The highest BCUT2D eigenvalue weighted by Crippen LogP contribution is 2.35. The molecule has 1 aliphatic heterocycles. The maximum Gasteiger partial charge on any atom is 0.329 e. The maximum atomic E-state index is 13.4. The van der Waals surface area contributed by atoms with Gasteiger partial charge >= 0.3 is 5.69 Å². The third-order valence-electron chi connectivity index (χ3n) is 8.26. The Morgan fingerprint density at radius 1 is 1.00 bits per heavy atom. The number of anilines is 1. The molecule has 1 N–H and O–H groups in total. The second kappa shape index (κ2) is 9.33. The minimum Gasteiger partial charge on any atom is -0.381 e. The van der Waals surface area contributed by atoms with E-state index in [1.807, 2.05) is 31.1 Å². The lowest BCUT2D eigenvalue weighted by Crippen LogP contribution is -2.30. The topological polar surface area (TPSA) is 77.2 Å². The third-order valence-corrected chi connectivity index (χ3v) is 8.26. The van der Waals surface area contributed by atoms with Gasteiger partial charge < -0.3 is 15.0 Å². The third kappa shape index (κ3) is 3.89. The standard InChI is InChI=1S/C28H34N6O2/c1-29-20-12-13-33(17-20)26-11-5-19(15-31-26)18-4-10-24-23(14-18)27-25(16-30-24)32(2)28(35)34(27)21-6-8-22(36-3)9-7-21/h4-5,10-11,14-16,20-22,29H,6-9,12-13,17H2,1-3H3/t20-,21-,22-/m1/s1. The molecule has 1 atom stereocenters. The summed E-state index contributed by atoms with van der Waals surface area (Å²) in [6.45, 7) is 2.01. The van der Waals surface area contributed by atoms with E-state index in [9.17, 15) is 4.79 Å². The smallest absolute Gasteiger partial charge is 0.329 e. The van der Waals surface area contributed by atoms with Gasteiger partial charge in [0.15, 0.2) is 0 Å². The number of nitrogens with one attached hydrogen (secondary N) is 1. The molecule has 3 aromatic heterocycles. The van der Waals surface area contributed by atoms with Crippen LogP contribution in [0.4, 0.5) is 5.82 Å². The van der Waals surface area contributed by atoms with Crippen molar-refractivity contribution in [2.75, 3.05) is 32.1 Å². The summed E-state index contributed by atoms with van der Waals surface area (Å²) in [5.41, 5.74) is 4.93. The van der Waals surface area contributed by atoms with Crippen molar-refractivity contribution in [2.24, 2.45) is 7.05 Å². The van der Waals surface area contributed by atoms with Gasteiger partial charge in [-0.25, -0.2) is 9.78 Å². The predicted molar refractivity (Wildman–Crippen MR) is 144 cm³/mol. The minimum atomic E-state index is 0.0297. The number of methoxy groups -OCH3 is 1. The normalized spacial score (nSPS) is 22.6. The van der Waals surface area contributed by atoms with Crippen molar-refractivity contribution in [3.05, 3.63) is 53.2 Å². The Hall–Kier alpha value is -3.23. The number of aryl methyl sites for hydroxylation is 1. The van der Waals surface area contributed by atoms with Gasteiger partial charge in [-0.2, -0.15) is 0 Å². The highest BCUT2D eigenvalue weighted by Gasteiger charge is 2.27. The molecule has 2 aliphatic rings. The molecule has 1 aliphatic carbocycles. The zero-order valence-corrected chi connectivity index (χ0v) is 21.3. The summed E-state index contributed by atoms with van der Waals surface area (Å²) in [6.07, 6.45) is 9.05. The molecule has 188 valence electrons. The fourth-order valence-electron chi connectivity index (χ4n) is 6.03. The van der Waals surface area contributed by atoms with Crippen LogP contribution in [0.3, 0.4) is 0 Å². The molecule has 8 nitrogen and oxygen atoms in total. The number of aromatic nitrogens is 4. The van der Waals surface area contributed by atoms with Crippen LogP contribution in [-0.4, -0.2) is 58.5 Å². The van der Waals surface area contributed by atoms with Crippen molar-refractivity contribution >= 4 is 27.8 Å². The molecule has 0 bridgehead atoms. The first-order valence-corrected chi connectivity index (χ1v) is 13.0. The molecule has 1 saturated carbocycles. The molecular formula is C28H34N6O2. The number of benzene rings is 1. The van der Waals surface area contributed by atoms with Gasteiger partial charge in [-0.05, 0) is 69.0 Å². The lowest BCUT2D eigenvalue weighted by Gasteiger charge is -2.28. The summed E-state index contributed by atoms with van der Waals surface area (Å²) in [6, 6.07) is 11.3. The van der Waals surface area contributed by atoms with E-state index in [0.29, 0.717) is 6.04 Å². The van der Waals surface area contributed by atoms with E-state index in [-0.39, 0.29) is 17.8 Å². The predicted octanol–water partition coefficient (Wildman–Crippen LogP) is 3.88. The SMILES string of the molecule is CN[C@@H]1CCN(c2ccc(-c3ccc4ncc5c(c4c3)n([C@H]3CC[C@H](OC)CC3)c(=O)n5C)cn2)C1. The average Bonchev–Trinajstić information content (AvgIpc) is 3.51. The first-order chi connectivity index (χ1) is 17.6. The number of nitrogens with zero attached hydrogens (tertiary/aromatic N) is 5. The summed E-state index contributed by atoms with van der Waals surface area (Å²) >= 11 is 0. The fraction of sp³-hybridized carbons (Fsp3) is 0.464. The van der Waals surface area contributed by atoms with E-state index in [2.05, 4.69) is 40.5 Å². The highest BCUT2D eigenvalue weighted by molar-refractivity contribution is 6.04. The molecule has 2 fully saturated rings. The Morgan fingerprint density at radius 2 is 1.81 bits per heavy atom. The largest absolute Gasteiger partial charge is 0.381 e. The molecule has 0 unspecified atom stereocenters. The molecule has 0 radical (unpaired) electrons. The molecular weight excluding hydrogens is 452 g/mol. The van der Waals surface area contributed by atoms with Gasteiger partial charge in [-0.1, -0.05) is 6.07 Å². The van der Waals surface area contributed by atoms with Crippen molar-refractivity contribution < 1.29 is 4.74 Å². The molecule has 4 aromatic rings. The number of imidazole rings is 1. The van der Waals surface area contributed by atoms with Crippen molar-refractivity contribution in [1.82, 2.24) is 24.4 Å². The van der Waals surface area contributed by atoms with E-state index in [1.165, 1.54) is 0 Å². The zero-order chi connectivity index (χ0) is 24.8. The summed E-state index contributed by atoms with van der Waals surface area (Å²) in [5, 5.41) is 4.37. The van der Waals surface area contributed by atoms with Crippen molar-refractivity contribution in [3.8, 4) is 11.1 Å². The number of fused-ring (bicyclic) bond motifs is 3. The summed E-state index contributed by atoms with van der Waals surface area (Å²) in [7, 11) is 5.65. The second-order valence-electron chi connectivity index (χ2n) is 10.2. The van der Waals surface area contributed by atoms with E-state index >= 15 is 0 Å². The number of pyridine rings is 2. The van der Waals surface area contributed by atoms with E-state index in [4.69, 9.17) is 14.7 Å². The van der Waals surface area contributed by atoms with Crippen LogP contribution in [0.25, 0.3) is 33.1 Å². The summed E-state index contributed by atoms with van der Waals surface area (Å²) in [5.74, 6) is 1.02. The van der Waals surface area contributed by atoms with Gasteiger partial charge in [-0.3, -0.25) is 14.1 Å². The van der Waals surface area contributed by atoms with Crippen LogP contribution in [0.1, 0.15) is 38.1 Å². The molecule has 36 heavy (non-hydrogen) atoms. The monoisotopic (exact) mass is 486 g/mol. The first-order valence-electron chi connectivity index (χ1n) is 13.0. The van der Waals surface area contributed by atoms with Crippen LogP contribution in [0.15, 0.2) is 47.5 Å². The highest BCUT2D eigenvalue weighted by atomic mass is 16.5. The van der Waals surface area contributed by atoms with Gasteiger partial charge in [0.05, 0.1) is 28.9 Å². The molecule has 6 rings (SSSR count). The minimum absolute atomic E-state index is 0.0297. The number of likely N-dealkylation sites (N-methyl/N-ethyl adjacent to an activating group) is 1. The van der Waals surface area contributed by atoms with Gasteiger partial charge in [0.1, 0.15) is 5.82 Å². The molecule has 1 saturated heterocycles. The number of hydrogen-bond acceptors (Lipinski definition) is 6. The lowest BCUT2D eigenvalue weighted by molar-refractivity contribution is 0.0585. The number of ether oxygens (including phenoxy) is 1. The van der Waals surface area contributed by atoms with Crippen LogP contribution in [0, 0.1) is 0 Å². The van der Waals surface area contributed by atoms with Crippen LogP contribution < -0.4 is 15.9 Å². The van der Waals surface area contributed by atoms with E-state index < -0.39 is 0 Å². The van der Waals surface area contributed by atoms with Crippen LogP contribution >= 0.6 is 0 Å². The molecule has 8 heteroatoms. The molecule has 0 amide bonds. The van der Waals surface area contributed by atoms with Gasteiger partial charge in [-0.15, -0.1) is 0 Å². The number of rotatable bonds is 5. The Morgan fingerprint density at radius 3 is 2.50 bits per heavy atom. The average molecular weight is 487 g/mol. The molecule has 1 aromatic carbocycles. The second-order valence-corrected chi connectivity index (χ2v) is 10.2. The van der Waals surface area contributed by atoms with Crippen molar-refractivity contribution in [2.45, 2.75) is 50.3 Å². The van der Waals surface area contributed by atoms with E-state index in [1.54, 1.807) is 11.7 Å². The van der Waals surface area contributed by atoms with Crippen LogP contribution in [-0.2, 0) is 11.8 Å². The summed E-state index contributed by atoms with van der Waals surface area (Å²) in [4.78, 5) is 25.2. The zero-order valence-electron chi connectivity index (χ0n) is 21.3. The Bertz CT molecular complexity index is 1450. The Kier molecular flexibility index (Phi) is 6.01. The van der Waals surface area contributed by atoms with Gasteiger partial charge in [0, 0.05) is 56.5 Å². The van der Waals surface area contributed by atoms with Crippen molar-refractivity contribution in [3.63, 3.8) is 0 Å². The van der Waals surface area contributed by atoms with Crippen molar-refractivity contribution in [1.29, 1.82) is 0 Å². The molecule has 0 spiro atoms. The number of hydrogen-bond donors (Lipinski definition) is 1. The molecule has 4 heterocycles. The summed E-state index contributed by atoms with van der Waals surface area (Å²) < 4.78 is 9.32. The first kappa shape index (κ1) is 23.2. The fourth-order valence-corrected chi connectivity index (χ4v) is 6.03. The van der Waals surface area contributed by atoms with E-state index in [0.717, 1.165) is 84.1 Å². The van der Waals surface area contributed by atoms with Gasteiger partial charge in [0.25, 0.3) is 0 Å². The quantitative estimate of drug-likeness (QED) is 0.461.